The summed E-state index contributed by atoms with van der Waals surface area (Å²) in [6, 6.07) is 5.76. The molecule has 1 aliphatic carbocycles. The van der Waals surface area contributed by atoms with Crippen molar-refractivity contribution in [2.24, 2.45) is 5.92 Å². The van der Waals surface area contributed by atoms with Gasteiger partial charge in [0, 0.05) is 6.54 Å². The van der Waals surface area contributed by atoms with Crippen LogP contribution in [0.1, 0.15) is 23.8 Å². The third-order valence-corrected chi connectivity index (χ3v) is 5.05. The molecule has 0 bridgehead atoms. The fraction of sp³-hybridized carbons (Fsp3) is 0.533. The summed E-state index contributed by atoms with van der Waals surface area (Å²) in [6.45, 7) is 0.859. The number of hydrogen-bond donors (Lipinski definition) is 0. The van der Waals surface area contributed by atoms with Gasteiger partial charge in [0.1, 0.15) is 16.9 Å². The summed E-state index contributed by atoms with van der Waals surface area (Å²) in [5.41, 5.74) is 0.981. The highest BCUT2D eigenvalue weighted by Crippen LogP contribution is 2.48. The van der Waals surface area contributed by atoms with Crippen LogP contribution >= 0.6 is 11.8 Å². The van der Waals surface area contributed by atoms with Crippen molar-refractivity contribution in [2.75, 3.05) is 26.5 Å². The van der Waals surface area contributed by atoms with E-state index in [2.05, 4.69) is 0 Å². The zero-order chi connectivity index (χ0) is 14.1. The number of carbonyl (C=O) groups is 1. The van der Waals surface area contributed by atoms with E-state index in [9.17, 15) is 4.79 Å². The molecule has 1 aromatic carbocycles. The molecule has 1 aliphatic heterocycles. The SMILES string of the molecule is COc1cccc(OC)c1C1SCC(=O)N1CC1CC1. The molecule has 2 aliphatic rings. The van der Waals surface area contributed by atoms with E-state index >= 15 is 0 Å². The van der Waals surface area contributed by atoms with Crippen molar-refractivity contribution in [3.63, 3.8) is 0 Å². The zero-order valence-electron chi connectivity index (χ0n) is 11.8. The first-order valence-electron chi connectivity index (χ1n) is 6.86. The minimum absolute atomic E-state index is 0.00852. The van der Waals surface area contributed by atoms with E-state index in [0.29, 0.717) is 11.7 Å². The first-order valence-corrected chi connectivity index (χ1v) is 7.91. The van der Waals surface area contributed by atoms with E-state index in [1.807, 2.05) is 23.1 Å². The molecule has 1 amide bonds. The Morgan fingerprint density at radius 1 is 1.25 bits per heavy atom. The van der Waals surface area contributed by atoms with Gasteiger partial charge in [-0.1, -0.05) is 6.07 Å². The van der Waals surface area contributed by atoms with Crippen LogP contribution in [0.4, 0.5) is 0 Å². The molecule has 1 saturated heterocycles. The molecule has 1 saturated carbocycles. The average molecular weight is 293 g/mol. The van der Waals surface area contributed by atoms with Crippen molar-refractivity contribution in [1.82, 2.24) is 4.90 Å². The lowest BCUT2D eigenvalue weighted by molar-refractivity contribution is -0.128. The standard InChI is InChI=1S/C15H19NO3S/c1-18-11-4-3-5-12(19-2)14(11)15-16(8-10-6-7-10)13(17)9-20-15/h3-5,10,15H,6-9H2,1-2H3. The molecule has 0 N–H and O–H groups in total. The molecule has 4 nitrogen and oxygen atoms in total. The number of ether oxygens (including phenoxy) is 2. The lowest BCUT2D eigenvalue weighted by Crippen LogP contribution is -2.30. The summed E-state index contributed by atoms with van der Waals surface area (Å²) in [5, 5.41) is 0.00852. The number of hydrogen-bond acceptors (Lipinski definition) is 4. The fourth-order valence-corrected chi connectivity index (χ4v) is 3.84. The molecule has 108 valence electrons. The Bertz CT molecular complexity index is 494. The van der Waals surface area contributed by atoms with E-state index in [1.54, 1.807) is 26.0 Å². The summed E-state index contributed by atoms with van der Waals surface area (Å²) in [6.07, 6.45) is 2.48. The van der Waals surface area contributed by atoms with E-state index < -0.39 is 0 Å². The molecule has 2 fully saturated rings. The Kier molecular flexibility index (Phi) is 3.78. The van der Waals surface area contributed by atoms with Crippen LogP contribution in [0.25, 0.3) is 0 Å². The Hall–Kier alpha value is -1.36. The van der Waals surface area contributed by atoms with E-state index in [0.717, 1.165) is 23.6 Å². The minimum atomic E-state index is 0.00852. The first-order chi connectivity index (χ1) is 9.74. The lowest BCUT2D eigenvalue weighted by Gasteiger charge is -2.26. The first kappa shape index (κ1) is 13.6. The number of benzene rings is 1. The van der Waals surface area contributed by atoms with Crippen LogP contribution in [0.5, 0.6) is 11.5 Å². The topological polar surface area (TPSA) is 38.8 Å². The lowest BCUT2D eigenvalue weighted by atomic mass is 10.1. The van der Waals surface area contributed by atoms with Gasteiger partial charge in [0.2, 0.25) is 5.91 Å². The fourth-order valence-electron chi connectivity index (χ4n) is 2.59. The summed E-state index contributed by atoms with van der Waals surface area (Å²) in [4.78, 5) is 14.1. The molecule has 0 aromatic heterocycles. The molecule has 0 radical (unpaired) electrons. The molecule has 3 rings (SSSR count). The summed E-state index contributed by atoms with van der Waals surface area (Å²) in [7, 11) is 3.32. The number of amides is 1. The third kappa shape index (κ3) is 2.46. The molecule has 1 unspecified atom stereocenters. The van der Waals surface area contributed by atoms with Crippen molar-refractivity contribution < 1.29 is 14.3 Å². The molecule has 1 aromatic rings. The zero-order valence-corrected chi connectivity index (χ0v) is 12.6. The van der Waals surface area contributed by atoms with E-state index in [-0.39, 0.29) is 11.3 Å². The van der Waals surface area contributed by atoms with Gasteiger partial charge in [-0.05, 0) is 30.9 Å². The molecule has 0 spiro atoms. The molecular weight excluding hydrogens is 274 g/mol. The van der Waals surface area contributed by atoms with Crippen LogP contribution in [-0.2, 0) is 4.79 Å². The summed E-state index contributed by atoms with van der Waals surface area (Å²) in [5.74, 6) is 3.02. The van der Waals surface area contributed by atoms with Crippen LogP contribution in [0.3, 0.4) is 0 Å². The van der Waals surface area contributed by atoms with Gasteiger partial charge in [-0.15, -0.1) is 11.8 Å². The van der Waals surface area contributed by atoms with Crippen molar-refractivity contribution >= 4 is 17.7 Å². The van der Waals surface area contributed by atoms with Crippen LogP contribution in [0, 0.1) is 5.92 Å². The Balaban J connectivity index is 1.95. The number of methoxy groups -OCH3 is 2. The van der Waals surface area contributed by atoms with Crippen LogP contribution in [0.2, 0.25) is 0 Å². The average Bonchev–Trinajstić information content (AvgIpc) is 3.23. The Labute approximate surface area is 123 Å². The van der Waals surface area contributed by atoms with Gasteiger partial charge < -0.3 is 14.4 Å². The molecule has 20 heavy (non-hydrogen) atoms. The van der Waals surface area contributed by atoms with Gasteiger partial charge in [0.25, 0.3) is 0 Å². The smallest absolute Gasteiger partial charge is 0.233 e. The van der Waals surface area contributed by atoms with Crippen LogP contribution in [0.15, 0.2) is 18.2 Å². The number of nitrogens with zero attached hydrogens (tertiary/aromatic N) is 1. The van der Waals surface area contributed by atoms with Crippen LogP contribution < -0.4 is 9.47 Å². The van der Waals surface area contributed by atoms with Gasteiger partial charge in [0.15, 0.2) is 0 Å². The van der Waals surface area contributed by atoms with Crippen molar-refractivity contribution in [3.8, 4) is 11.5 Å². The van der Waals surface area contributed by atoms with Gasteiger partial charge in [-0.2, -0.15) is 0 Å². The van der Waals surface area contributed by atoms with Gasteiger partial charge in [-0.25, -0.2) is 0 Å². The maximum absolute atomic E-state index is 12.1. The molecular formula is C15H19NO3S. The van der Waals surface area contributed by atoms with Gasteiger partial charge in [0.05, 0.1) is 25.5 Å². The number of rotatable bonds is 5. The molecule has 1 heterocycles. The number of carbonyl (C=O) groups excluding carboxylic acids is 1. The second-order valence-electron chi connectivity index (χ2n) is 5.23. The molecule has 5 heteroatoms. The Morgan fingerprint density at radius 2 is 1.90 bits per heavy atom. The monoisotopic (exact) mass is 293 g/mol. The maximum Gasteiger partial charge on any atom is 0.233 e. The normalized spacial score (nSPS) is 22.2. The van der Waals surface area contributed by atoms with Gasteiger partial charge in [-0.3, -0.25) is 4.79 Å². The maximum atomic E-state index is 12.1. The van der Waals surface area contributed by atoms with Crippen LogP contribution in [-0.4, -0.2) is 37.3 Å². The second kappa shape index (κ2) is 5.56. The van der Waals surface area contributed by atoms with Crippen molar-refractivity contribution in [1.29, 1.82) is 0 Å². The highest BCUT2D eigenvalue weighted by Gasteiger charge is 2.39. The third-order valence-electron chi connectivity index (χ3n) is 3.83. The summed E-state index contributed by atoms with van der Waals surface area (Å²) < 4.78 is 10.9. The highest BCUT2D eigenvalue weighted by atomic mass is 32.2. The second-order valence-corrected chi connectivity index (χ2v) is 6.30. The van der Waals surface area contributed by atoms with E-state index in [1.165, 1.54) is 12.8 Å². The van der Waals surface area contributed by atoms with Gasteiger partial charge >= 0.3 is 0 Å². The Morgan fingerprint density at radius 3 is 2.45 bits per heavy atom. The molecule has 1 atom stereocenters. The highest BCUT2D eigenvalue weighted by molar-refractivity contribution is 8.00. The predicted octanol–water partition coefficient (Wildman–Crippen LogP) is 2.69. The number of thioether (sulfide) groups is 1. The van der Waals surface area contributed by atoms with E-state index in [4.69, 9.17) is 9.47 Å². The summed E-state index contributed by atoms with van der Waals surface area (Å²) >= 11 is 1.66. The minimum Gasteiger partial charge on any atom is -0.496 e. The predicted molar refractivity (Wildman–Crippen MR) is 79.2 cm³/mol. The largest absolute Gasteiger partial charge is 0.496 e. The quantitative estimate of drug-likeness (QED) is 0.836. The van der Waals surface area contributed by atoms with Crippen molar-refractivity contribution in [3.05, 3.63) is 23.8 Å². The van der Waals surface area contributed by atoms with Crippen molar-refractivity contribution in [2.45, 2.75) is 18.2 Å².